The van der Waals surface area contributed by atoms with Crippen molar-refractivity contribution in [3.05, 3.63) is 29.8 Å². The molecule has 1 aromatic carbocycles. The maximum Gasteiger partial charge on any atom is 0.0314 e. The summed E-state index contributed by atoms with van der Waals surface area (Å²) in [6, 6.07) is 7.96. The predicted octanol–water partition coefficient (Wildman–Crippen LogP) is 8.28. The van der Waals surface area contributed by atoms with Crippen LogP contribution in [0, 0.1) is 5.92 Å². The van der Waals surface area contributed by atoms with E-state index in [0.29, 0.717) is 0 Å². The van der Waals surface area contributed by atoms with Gasteiger partial charge in [0.05, 0.1) is 0 Å². The molecule has 24 heavy (non-hydrogen) atoms. The van der Waals surface area contributed by atoms with Gasteiger partial charge in [0.15, 0.2) is 0 Å². The van der Waals surface area contributed by atoms with E-state index in [1.807, 2.05) is 12.1 Å². The van der Waals surface area contributed by atoms with Crippen molar-refractivity contribution in [2.45, 2.75) is 107 Å². The van der Waals surface area contributed by atoms with Gasteiger partial charge in [0, 0.05) is 5.69 Å². The lowest BCUT2D eigenvalue weighted by atomic mass is 10.0. The lowest BCUT2D eigenvalue weighted by molar-refractivity contribution is 0.509. The number of unbranched alkanes of at least 4 members (excludes halogenated alkanes) is 2. The second-order valence-electron chi connectivity index (χ2n) is 6.40. The fourth-order valence-electron chi connectivity index (χ4n) is 1.45. The third kappa shape index (κ3) is 25.9. The lowest BCUT2D eigenvalue weighted by Gasteiger charge is -2.02. The van der Waals surface area contributed by atoms with Gasteiger partial charge in [-0.25, -0.2) is 0 Å². The monoisotopic (exact) mass is 337 g/mol. The third-order valence-corrected chi connectivity index (χ3v) is 3.87. The highest BCUT2D eigenvalue weighted by atomic mass is 14.5. The second-order valence-corrected chi connectivity index (χ2v) is 6.40. The summed E-state index contributed by atoms with van der Waals surface area (Å²) < 4.78 is 0. The van der Waals surface area contributed by atoms with Gasteiger partial charge < -0.3 is 5.73 Å². The SMILES string of the molecule is CCCC.CCCC.CCC[C@@H](C)CC.CCc1ccc(N)cc1. The van der Waals surface area contributed by atoms with Crippen molar-refractivity contribution >= 4 is 5.69 Å². The molecule has 0 fully saturated rings. The first-order valence-electron chi connectivity index (χ1n) is 10.3. The van der Waals surface area contributed by atoms with Crippen LogP contribution in [0.4, 0.5) is 5.69 Å². The second kappa shape index (κ2) is 24.3. The van der Waals surface area contributed by atoms with Gasteiger partial charge in [-0.3, -0.25) is 0 Å². The molecule has 0 spiro atoms. The third-order valence-electron chi connectivity index (χ3n) is 3.87. The number of nitrogen functional groups attached to an aromatic ring is 1. The topological polar surface area (TPSA) is 26.0 Å². The first-order valence-corrected chi connectivity index (χ1v) is 10.3. The molecule has 1 nitrogen and oxygen atoms in total. The van der Waals surface area contributed by atoms with Crippen molar-refractivity contribution in [3.63, 3.8) is 0 Å². The molecule has 0 unspecified atom stereocenters. The number of rotatable bonds is 6. The predicted molar refractivity (Wildman–Crippen MR) is 116 cm³/mol. The zero-order valence-electron chi connectivity index (χ0n) is 18.1. The largest absolute Gasteiger partial charge is 0.399 e. The number of anilines is 1. The number of hydrogen-bond donors (Lipinski definition) is 1. The van der Waals surface area contributed by atoms with Crippen LogP contribution in [0.15, 0.2) is 24.3 Å². The molecule has 0 aliphatic heterocycles. The van der Waals surface area contributed by atoms with Gasteiger partial charge in [-0.1, -0.05) is 112 Å². The van der Waals surface area contributed by atoms with Gasteiger partial charge in [0.2, 0.25) is 0 Å². The van der Waals surface area contributed by atoms with Crippen molar-refractivity contribution in [2.24, 2.45) is 5.92 Å². The molecule has 0 radical (unpaired) electrons. The summed E-state index contributed by atoms with van der Waals surface area (Å²) in [5.74, 6) is 0.949. The summed E-state index contributed by atoms with van der Waals surface area (Å²) in [5.41, 5.74) is 7.66. The smallest absolute Gasteiger partial charge is 0.0314 e. The van der Waals surface area contributed by atoms with Gasteiger partial charge in [-0.2, -0.15) is 0 Å². The van der Waals surface area contributed by atoms with Crippen LogP contribution in [0.1, 0.15) is 106 Å². The summed E-state index contributed by atoms with van der Waals surface area (Å²) in [6.07, 6.45) is 10.4. The quantitative estimate of drug-likeness (QED) is 0.519. The minimum atomic E-state index is 0.840. The number of aryl methyl sites for hydroxylation is 1. The van der Waals surface area contributed by atoms with Crippen LogP contribution in [-0.4, -0.2) is 0 Å². The molecule has 0 heterocycles. The Labute approximate surface area is 154 Å². The van der Waals surface area contributed by atoms with Crippen molar-refractivity contribution in [3.8, 4) is 0 Å². The van der Waals surface area contributed by atoms with Crippen LogP contribution >= 0.6 is 0 Å². The first-order chi connectivity index (χ1) is 11.5. The molecular formula is C23H47N. The highest BCUT2D eigenvalue weighted by molar-refractivity contribution is 5.39. The van der Waals surface area contributed by atoms with E-state index in [1.54, 1.807) is 0 Å². The number of hydrogen-bond acceptors (Lipinski definition) is 1. The Bertz CT molecular complexity index is 294. The van der Waals surface area contributed by atoms with Crippen molar-refractivity contribution in [1.29, 1.82) is 0 Å². The molecule has 2 N–H and O–H groups in total. The molecule has 1 heteroatoms. The molecule has 144 valence electrons. The standard InChI is InChI=1S/C8H11N.C7H16.2C4H10/c1-2-7-3-5-8(9)6-4-7;1-4-6-7(3)5-2;2*1-3-4-2/h3-6H,2,9H2,1H3;7H,4-6H2,1-3H3;2*3-4H2,1-2H3/t;7-;;/m.0../s1. The number of benzene rings is 1. The van der Waals surface area contributed by atoms with E-state index in [1.165, 1.54) is 50.5 Å². The van der Waals surface area contributed by atoms with Crippen LogP contribution in [0.25, 0.3) is 0 Å². The summed E-state index contributed by atoms with van der Waals surface area (Å²) in [4.78, 5) is 0. The summed E-state index contributed by atoms with van der Waals surface area (Å²) >= 11 is 0. The van der Waals surface area contributed by atoms with Gasteiger partial charge >= 0.3 is 0 Å². The molecule has 0 aromatic heterocycles. The van der Waals surface area contributed by atoms with E-state index < -0.39 is 0 Å². The highest BCUT2D eigenvalue weighted by Crippen LogP contribution is 2.07. The summed E-state index contributed by atoms with van der Waals surface area (Å²) in [6.45, 7) is 17.7. The van der Waals surface area contributed by atoms with Crippen LogP contribution in [-0.2, 0) is 6.42 Å². The normalized spacial score (nSPS) is 10.2. The van der Waals surface area contributed by atoms with Gasteiger partial charge in [0.25, 0.3) is 0 Å². The molecule has 1 aromatic rings. The molecular weight excluding hydrogens is 290 g/mol. The highest BCUT2D eigenvalue weighted by Gasteiger charge is 1.92. The van der Waals surface area contributed by atoms with Crippen molar-refractivity contribution in [1.82, 2.24) is 0 Å². The summed E-state index contributed by atoms with van der Waals surface area (Å²) in [7, 11) is 0. The minimum Gasteiger partial charge on any atom is -0.399 e. The molecule has 1 rings (SSSR count). The average molecular weight is 338 g/mol. The molecule has 0 aliphatic rings. The van der Waals surface area contributed by atoms with E-state index in [4.69, 9.17) is 5.73 Å². The van der Waals surface area contributed by atoms with Crippen LogP contribution in [0.3, 0.4) is 0 Å². The van der Waals surface area contributed by atoms with Crippen molar-refractivity contribution < 1.29 is 0 Å². The van der Waals surface area contributed by atoms with Gasteiger partial charge in [-0.15, -0.1) is 0 Å². The minimum absolute atomic E-state index is 0.840. The Morgan fingerprint density at radius 1 is 0.708 bits per heavy atom. The van der Waals surface area contributed by atoms with E-state index in [0.717, 1.165) is 18.0 Å². The molecule has 0 bridgehead atoms. The summed E-state index contributed by atoms with van der Waals surface area (Å²) in [5, 5.41) is 0. The Hall–Kier alpha value is -0.980. The maximum atomic E-state index is 5.48. The molecule has 0 amide bonds. The fourth-order valence-corrected chi connectivity index (χ4v) is 1.45. The van der Waals surface area contributed by atoms with Crippen LogP contribution in [0.5, 0.6) is 0 Å². The maximum absolute atomic E-state index is 5.48. The van der Waals surface area contributed by atoms with Crippen LogP contribution in [0.2, 0.25) is 0 Å². The number of nitrogens with two attached hydrogens (primary N) is 1. The zero-order chi connectivity index (χ0) is 19.2. The molecule has 0 saturated carbocycles. The van der Waals surface area contributed by atoms with Crippen molar-refractivity contribution in [2.75, 3.05) is 5.73 Å². The Balaban J connectivity index is -0.000000263. The Morgan fingerprint density at radius 2 is 1.12 bits per heavy atom. The lowest BCUT2D eigenvalue weighted by Crippen LogP contribution is -1.88. The van der Waals surface area contributed by atoms with Gasteiger partial charge in [-0.05, 0) is 30.0 Å². The van der Waals surface area contributed by atoms with E-state index in [9.17, 15) is 0 Å². The Kier molecular flexibility index (Phi) is 28.2. The van der Waals surface area contributed by atoms with Gasteiger partial charge in [0.1, 0.15) is 0 Å². The molecule has 0 saturated heterocycles. The zero-order valence-corrected chi connectivity index (χ0v) is 18.1. The van der Waals surface area contributed by atoms with E-state index >= 15 is 0 Å². The molecule has 1 atom stereocenters. The fraction of sp³-hybridized carbons (Fsp3) is 0.739. The molecule has 0 aliphatic carbocycles. The average Bonchev–Trinajstić information content (AvgIpc) is 2.63. The van der Waals surface area contributed by atoms with Crippen LogP contribution < -0.4 is 5.73 Å². The van der Waals surface area contributed by atoms with E-state index in [-0.39, 0.29) is 0 Å². The van der Waals surface area contributed by atoms with E-state index in [2.05, 4.69) is 67.5 Å². The Morgan fingerprint density at radius 3 is 1.33 bits per heavy atom. The first kappa shape index (κ1) is 27.8.